The summed E-state index contributed by atoms with van der Waals surface area (Å²) in [6, 6.07) is 0. The van der Waals surface area contributed by atoms with Gasteiger partial charge in [0.05, 0.1) is 12.8 Å². The highest BCUT2D eigenvalue weighted by Gasteiger charge is 2.48. The van der Waals surface area contributed by atoms with Crippen LogP contribution in [0.5, 0.6) is 5.88 Å². The lowest BCUT2D eigenvalue weighted by Gasteiger charge is -2.21. The Bertz CT molecular complexity index is 462. The molecule has 1 saturated heterocycles. The monoisotopic (exact) mass is 377 g/mol. The summed E-state index contributed by atoms with van der Waals surface area (Å²) in [6.45, 7) is 3.92. The molecule has 1 aromatic heterocycles. The SMILES string of the molecule is Cc1nc(I)cnc1OCC1(OC2NCCO2)CC1. The van der Waals surface area contributed by atoms with Gasteiger partial charge in [-0.3, -0.25) is 5.32 Å². The van der Waals surface area contributed by atoms with Crippen LogP contribution in [0, 0.1) is 10.6 Å². The molecular formula is C12H16IN3O3. The highest BCUT2D eigenvalue weighted by Crippen LogP contribution is 2.41. The summed E-state index contributed by atoms with van der Waals surface area (Å²) in [7, 11) is 0. The Morgan fingerprint density at radius 2 is 2.42 bits per heavy atom. The summed E-state index contributed by atoms with van der Waals surface area (Å²) in [5, 5.41) is 3.14. The third-order valence-electron chi connectivity index (χ3n) is 3.19. The van der Waals surface area contributed by atoms with Crippen LogP contribution >= 0.6 is 22.6 Å². The van der Waals surface area contributed by atoms with Gasteiger partial charge in [-0.05, 0) is 42.4 Å². The maximum absolute atomic E-state index is 5.89. The molecule has 7 heteroatoms. The van der Waals surface area contributed by atoms with Crippen LogP contribution in [-0.2, 0) is 9.47 Å². The second-order valence-electron chi connectivity index (χ2n) is 4.83. The molecule has 1 atom stereocenters. The molecule has 1 unspecified atom stereocenters. The van der Waals surface area contributed by atoms with Crippen LogP contribution in [0.15, 0.2) is 6.20 Å². The number of hydrogen-bond donors (Lipinski definition) is 1. The van der Waals surface area contributed by atoms with Crippen molar-refractivity contribution in [2.75, 3.05) is 19.8 Å². The average molecular weight is 377 g/mol. The number of halogens is 1. The van der Waals surface area contributed by atoms with E-state index >= 15 is 0 Å². The van der Waals surface area contributed by atoms with Crippen molar-refractivity contribution in [2.45, 2.75) is 31.8 Å². The zero-order valence-corrected chi connectivity index (χ0v) is 12.8. The number of aryl methyl sites for hydroxylation is 1. The van der Waals surface area contributed by atoms with Crippen molar-refractivity contribution < 1.29 is 14.2 Å². The van der Waals surface area contributed by atoms with Gasteiger partial charge in [0.2, 0.25) is 12.3 Å². The number of aromatic nitrogens is 2. The molecule has 0 spiro atoms. The van der Waals surface area contributed by atoms with Crippen LogP contribution in [0.25, 0.3) is 0 Å². The fourth-order valence-corrected chi connectivity index (χ4v) is 2.42. The lowest BCUT2D eigenvalue weighted by Crippen LogP contribution is -2.35. The van der Waals surface area contributed by atoms with Crippen molar-refractivity contribution in [3.8, 4) is 5.88 Å². The van der Waals surface area contributed by atoms with E-state index < -0.39 is 0 Å². The maximum Gasteiger partial charge on any atom is 0.235 e. The molecular weight excluding hydrogens is 361 g/mol. The van der Waals surface area contributed by atoms with E-state index in [4.69, 9.17) is 14.2 Å². The molecule has 2 heterocycles. The average Bonchev–Trinajstić information content (AvgIpc) is 2.94. The van der Waals surface area contributed by atoms with Gasteiger partial charge in [0, 0.05) is 6.54 Å². The van der Waals surface area contributed by atoms with E-state index in [1.165, 1.54) is 0 Å². The first-order valence-corrected chi connectivity index (χ1v) is 7.40. The van der Waals surface area contributed by atoms with Crippen LogP contribution in [0.1, 0.15) is 18.5 Å². The molecule has 104 valence electrons. The van der Waals surface area contributed by atoms with Gasteiger partial charge in [-0.15, -0.1) is 0 Å². The van der Waals surface area contributed by atoms with Gasteiger partial charge in [-0.25, -0.2) is 9.97 Å². The standard InChI is InChI=1S/C12H16IN3O3/c1-8-10(15-6-9(13)16-8)18-7-12(2-3-12)19-11-14-4-5-17-11/h6,11,14H,2-5,7H2,1H3. The fourth-order valence-electron chi connectivity index (χ4n) is 1.92. The van der Waals surface area contributed by atoms with Gasteiger partial charge in [0.25, 0.3) is 0 Å². The van der Waals surface area contributed by atoms with E-state index in [1.807, 2.05) is 6.92 Å². The van der Waals surface area contributed by atoms with Gasteiger partial charge < -0.3 is 14.2 Å². The lowest BCUT2D eigenvalue weighted by molar-refractivity contribution is -0.173. The molecule has 1 aromatic rings. The second-order valence-corrected chi connectivity index (χ2v) is 5.93. The summed E-state index contributed by atoms with van der Waals surface area (Å²) in [5.41, 5.74) is 0.581. The molecule has 1 aliphatic heterocycles. The molecule has 2 aliphatic rings. The third kappa shape index (κ3) is 3.33. The highest BCUT2D eigenvalue weighted by molar-refractivity contribution is 14.1. The summed E-state index contributed by atoms with van der Waals surface area (Å²) >= 11 is 2.13. The normalized spacial score (nSPS) is 24.4. The molecule has 3 rings (SSSR count). The van der Waals surface area contributed by atoms with Gasteiger partial charge in [-0.2, -0.15) is 0 Å². The van der Waals surface area contributed by atoms with E-state index in [1.54, 1.807) is 6.20 Å². The highest BCUT2D eigenvalue weighted by atomic mass is 127. The van der Waals surface area contributed by atoms with E-state index in [0.717, 1.165) is 28.8 Å². The predicted octanol–water partition coefficient (Wildman–Crippen LogP) is 1.22. The maximum atomic E-state index is 5.89. The largest absolute Gasteiger partial charge is 0.473 e. The number of nitrogens with zero attached hydrogens (tertiary/aromatic N) is 2. The molecule has 1 saturated carbocycles. The Kier molecular flexibility index (Phi) is 3.88. The number of nitrogens with one attached hydrogen (secondary N) is 1. The van der Waals surface area contributed by atoms with Gasteiger partial charge in [0.15, 0.2) is 0 Å². The van der Waals surface area contributed by atoms with Crippen LogP contribution in [0.4, 0.5) is 0 Å². The van der Waals surface area contributed by atoms with Gasteiger partial charge in [-0.1, -0.05) is 0 Å². The van der Waals surface area contributed by atoms with E-state index in [0.29, 0.717) is 19.1 Å². The Hall–Kier alpha value is -0.510. The zero-order valence-electron chi connectivity index (χ0n) is 10.7. The van der Waals surface area contributed by atoms with Gasteiger partial charge in [0.1, 0.15) is 21.6 Å². The molecule has 0 aromatic carbocycles. The first-order chi connectivity index (χ1) is 9.17. The van der Waals surface area contributed by atoms with Crippen molar-refractivity contribution in [3.05, 3.63) is 15.6 Å². The molecule has 19 heavy (non-hydrogen) atoms. The molecule has 1 aliphatic carbocycles. The Morgan fingerprint density at radius 3 is 3.05 bits per heavy atom. The second kappa shape index (κ2) is 5.47. The van der Waals surface area contributed by atoms with E-state index in [-0.39, 0.29) is 12.0 Å². The molecule has 2 fully saturated rings. The van der Waals surface area contributed by atoms with Gasteiger partial charge >= 0.3 is 0 Å². The number of rotatable bonds is 5. The third-order valence-corrected chi connectivity index (χ3v) is 3.71. The van der Waals surface area contributed by atoms with E-state index in [9.17, 15) is 0 Å². The Morgan fingerprint density at radius 1 is 1.58 bits per heavy atom. The molecule has 0 amide bonds. The quantitative estimate of drug-likeness (QED) is 0.779. The smallest absolute Gasteiger partial charge is 0.235 e. The predicted molar refractivity (Wildman–Crippen MR) is 75.8 cm³/mol. The molecule has 0 bridgehead atoms. The van der Waals surface area contributed by atoms with Crippen LogP contribution in [-0.4, -0.2) is 41.7 Å². The fraction of sp³-hybridized carbons (Fsp3) is 0.667. The van der Waals surface area contributed by atoms with Crippen molar-refractivity contribution in [1.82, 2.24) is 15.3 Å². The molecule has 6 nitrogen and oxygen atoms in total. The Balaban J connectivity index is 1.56. The first-order valence-electron chi connectivity index (χ1n) is 6.32. The summed E-state index contributed by atoms with van der Waals surface area (Å²) < 4.78 is 17.9. The first kappa shape index (κ1) is 13.5. The lowest BCUT2D eigenvalue weighted by atomic mass is 10.3. The van der Waals surface area contributed by atoms with Crippen LogP contribution in [0.2, 0.25) is 0 Å². The minimum Gasteiger partial charge on any atom is -0.473 e. The van der Waals surface area contributed by atoms with E-state index in [2.05, 4.69) is 37.9 Å². The topological polar surface area (TPSA) is 65.5 Å². The van der Waals surface area contributed by atoms with Crippen molar-refractivity contribution in [1.29, 1.82) is 0 Å². The van der Waals surface area contributed by atoms with Crippen molar-refractivity contribution in [3.63, 3.8) is 0 Å². The minimum absolute atomic E-state index is 0.223. The minimum atomic E-state index is -0.296. The van der Waals surface area contributed by atoms with Crippen LogP contribution in [0.3, 0.4) is 0 Å². The van der Waals surface area contributed by atoms with Crippen molar-refractivity contribution >= 4 is 22.6 Å². The Labute approximate surface area is 125 Å². The zero-order chi connectivity index (χ0) is 13.3. The number of hydrogen-bond acceptors (Lipinski definition) is 6. The number of ether oxygens (including phenoxy) is 3. The summed E-state index contributed by atoms with van der Waals surface area (Å²) in [4.78, 5) is 8.57. The molecule has 0 radical (unpaired) electrons. The summed E-state index contributed by atoms with van der Waals surface area (Å²) in [6.07, 6.45) is 3.39. The summed E-state index contributed by atoms with van der Waals surface area (Å²) in [5.74, 6) is 0.579. The van der Waals surface area contributed by atoms with Crippen molar-refractivity contribution in [2.24, 2.45) is 0 Å². The molecule has 1 N–H and O–H groups in total. The van der Waals surface area contributed by atoms with Crippen LogP contribution < -0.4 is 10.1 Å².